The number of carbonyl (C=O) groups excluding carboxylic acids is 1. The van der Waals surface area contributed by atoms with E-state index in [1.54, 1.807) is 30.3 Å². The van der Waals surface area contributed by atoms with Crippen LogP contribution >= 0.6 is 39.7 Å². The molecule has 0 atom stereocenters. The van der Waals surface area contributed by atoms with Gasteiger partial charge in [-0.25, -0.2) is 0 Å². The molecule has 144 valence electrons. The van der Waals surface area contributed by atoms with Crippen LogP contribution in [0.25, 0.3) is 0 Å². The quantitative estimate of drug-likeness (QED) is 0.562. The summed E-state index contributed by atoms with van der Waals surface area (Å²) in [7, 11) is 1.54. The minimum Gasteiger partial charge on any atom is -0.495 e. The van der Waals surface area contributed by atoms with E-state index in [0.717, 1.165) is 4.47 Å². The SMILES string of the molecule is COc1ccc(NC(=S)NC(=O)c2cc(Br)ccc2OCC(C)C)cc1Cl. The van der Waals surface area contributed by atoms with Gasteiger partial charge in [-0.05, 0) is 54.5 Å². The Labute approximate surface area is 177 Å². The van der Waals surface area contributed by atoms with Gasteiger partial charge in [-0.2, -0.15) is 0 Å². The van der Waals surface area contributed by atoms with Crippen molar-refractivity contribution in [3.05, 3.63) is 51.5 Å². The van der Waals surface area contributed by atoms with Crippen LogP contribution in [0.5, 0.6) is 11.5 Å². The van der Waals surface area contributed by atoms with Gasteiger partial charge >= 0.3 is 0 Å². The summed E-state index contributed by atoms with van der Waals surface area (Å²) >= 11 is 14.7. The minimum absolute atomic E-state index is 0.149. The number of ether oxygens (including phenoxy) is 2. The molecular formula is C19H20BrClN2O3S. The highest BCUT2D eigenvalue weighted by atomic mass is 79.9. The molecule has 0 aliphatic carbocycles. The summed E-state index contributed by atoms with van der Waals surface area (Å²) in [4.78, 5) is 12.6. The Morgan fingerprint density at radius 2 is 1.93 bits per heavy atom. The third kappa shape index (κ3) is 6.37. The molecule has 0 spiro atoms. The topological polar surface area (TPSA) is 59.6 Å². The normalized spacial score (nSPS) is 10.4. The summed E-state index contributed by atoms with van der Waals surface area (Å²) in [5, 5.41) is 6.17. The number of rotatable bonds is 6. The maximum atomic E-state index is 12.6. The summed E-state index contributed by atoms with van der Waals surface area (Å²) < 4.78 is 11.6. The van der Waals surface area contributed by atoms with E-state index in [1.807, 2.05) is 19.9 Å². The first kappa shape index (κ1) is 21.5. The molecule has 5 nitrogen and oxygen atoms in total. The molecule has 0 heterocycles. The second kappa shape index (κ2) is 9.92. The molecule has 2 aromatic rings. The molecule has 2 rings (SSSR count). The first-order valence-corrected chi connectivity index (χ1v) is 9.76. The Balaban J connectivity index is 2.08. The van der Waals surface area contributed by atoms with Crippen LogP contribution in [0, 0.1) is 5.92 Å². The van der Waals surface area contributed by atoms with E-state index in [4.69, 9.17) is 33.3 Å². The number of halogens is 2. The molecule has 0 saturated carbocycles. The van der Waals surface area contributed by atoms with E-state index in [1.165, 1.54) is 7.11 Å². The predicted octanol–water partition coefficient (Wildman–Crippen LogP) is 5.27. The number of carbonyl (C=O) groups is 1. The molecule has 0 unspecified atom stereocenters. The smallest absolute Gasteiger partial charge is 0.261 e. The van der Waals surface area contributed by atoms with Gasteiger partial charge in [0.1, 0.15) is 11.5 Å². The van der Waals surface area contributed by atoms with Crippen molar-refractivity contribution in [2.24, 2.45) is 5.92 Å². The zero-order chi connectivity index (χ0) is 20.0. The lowest BCUT2D eigenvalue weighted by atomic mass is 10.2. The Hall–Kier alpha value is -1.83. The average molecular weight is 472 g/mol. The second-order valence-electron chi connectivity index (χ2n) is 6.10. The molecule has 27 heavy (non-hydrogen) atoms. The molecule has 0 aromatic heterocycles. The van der Waals surface area contributed by atoms with Crippen molar-refractivity contribution in [2.45, 2.75) is 13.8 Å². The summed E-state index contributed by atoms with van der Waals surface area (Å²) in [5.41, 5.74) is 1.03. The van der Waals surface area contributed by atoms with Gasteiger partial charge in [-0.15, -0.1) is 0 Å². The minimum atomic E-state index is -0.368. The third-order valence-electron chi connectivity index (χ3n) is 3.40. The molecule has 0 aliphatic heterocycles. The van der Waals surface area contributed by atoms with Crippen LogP contribution in [0.1, 0.15) is 24.2 Å². The molecule has 8 heteroatoms. The zero-order valence-electron chi connectivity index (χ0n) is 15.1. The largest absolute Gasteiger partial charge is 0.495 e. The molecule has 2 aromatic carbocycles. The molecular weight excluding hydrogens is 452 g/mol. The fraction of sp³-hybridized carbons (Fsp3) is 0.263. The first-order valence-electron chi connectivity index (χ1n) is 8.18. The molecule has 0 radical (unpaired) electrons. The van der Waals surface area contributed by atoms with Crippen LogP contribution in [-0.4, -0.2) is 24.7 Å². The highest BCUT2D eigenvalue weighted by Gasteiger charge is 2.15. The lowest BCUT2D eigenvalue weighted by Gasteiger charge is -2.15. The number of thiocarbonyl (C=S) groups is 1. The Bertz CT molecular complexity index is 846. The van der Waals surface area contributed by atoms with Crippen molar-refractivity contribution in [1.82, 2.24) is 5.32 Å². The van der Waals surface area contributed by atoms with Crippen molar-refractivity contribution in [3.63, 3.8) is 0 Å². The number of anilines is 1. The number of nitrogens with one attached hydrogen (secondary N) is 2. The standard InChI is InChI=1S/C19H20BrClN2O3S/c1-11(2)10-26-16-6-4-12(20)8-14(16)18(24)23-19(27)22-13-5-7-17(25-3)15(21)9-13/h4-9,11H,10H2,1-3H3,(H2,22,23,24,27). The zero-order valence-corrected chi connectivity index (χ0v) is 18.3. The number of methoxy groups -OCH3 is 1. The summed E-state index contributed by atoms with van der Waals surface area (Å²) in [6.45, 7) is 4.59. The van der Waals surface area contributed by atoms with E-state index in [0.29, 0.717) is 40.3 Å². The predicted molar refractivity (Wildman–Crippen MR) is 116 cm³/mol. The number of hydrogen-bond acceptors (Lipinski definition) is 4. The Morgan fingerprint density at radius 1 is 1.22 bits per heavy atom. The van der Waals surface area contributed by atoms with E-state index in [9.17, 15) is 4.79 Å². The van der Waals surface area contributed by atoms with Crippen molar-refractivity contribution < 1.29 is 14.3 Å². The fourth-order valence-corrected chi connectivity index (χ4v) is 2.97. The monoisotopic (exact) mass is 470 g/mol. The number of benzene rings is 2. The van der Waals surface area contributed by atoms with Crippen molar-refractivity contribution in [2.75, 3.05) is 19.0 Å². The van der Waals surface area contributed by atoms with E-state index in [2.05, 4.69) is 26.6 Å². The van der Waals surface area contributed by atoms with Crippen LogP contribution in [0.2, 0.25) is 5.02 Å². The number of hydrogen-bond donors (Lipinski definition) is 2. The fourth-order valence-electron chi connectivity index (χ4n) is 2.14. The van der Waals surface area contributed by atoms with Gasteiger partial charge in [0.25, 0.3) is 5.91 Å². The summed E-state index contributed by atoms with van der Waals surface area (Å²) in [6.07, 6.45) is 0. The van der Waals surface area contributed by atoms with Gasteiger partial charge in [0, 0.05) is 10.2 Å². The maximum Gasteiger partial charge on any atom is 0.261 e. The van der Waals surface area contributed by atoms with Crippen LogP contribution in [-0.2, 0) is 0 Å². The van der Waals surface area contributed by atoms with Gasteiger partial charge in [0.15, 0.2) is 5.11 Å². The van der Waals surface area contributed by atoms with Crippen molar-refractivity contribution in [3.8, 4) is 11.5 Å². The van der Waals surface area contributed by atoms with Gasteiger partial charge in [-0.3, -0.25) is 10.1 Å². The van der Waals surface area contributed by atoms with Crippen molar-refractivity contribution in [1.29, 1.82) is 0 Å². The van der Waals surface area contributed by atoms with Gasteiger partial charge in [0.2, 0.25) is 0 Å². The molecule has 1 amide bonds. The molecule has 0 saturated heterocycles. The van der Waals surface area contributed by atoms with Gasteiger partial charge in [-0.1, -0.05) is 41.4 Å². The second-order valence-corrected chi connectivity index (χ2v) is 7.83. The van der Waals surface area contributed by atoms with Crippen LogP contribution < -0.4 is 20.1 Å². The Kier molecular flexibility index (Phi) is 7.89. The first-order chi connectivity index (χ1) is 12.8. The maximum absolute atomic E-state index is 12.6. The third-order valence-corrected chi connectivity index (χ3v) is 4.39. The molecule has 0 fully saturated rings. The van der Waals surface area contributed by atoms with E-state index >= 15 is 0 Å². The van der Waals surface area contributed by atoms with Gasteiger partial charge in [0.05, 0.1) is 24.3 Å². The van der Waals surface area contributed by atoms with Crippen LogP contribution in [0.4, 0.5) is 5.69 Å². The number of amides is 1. The molecule has 2 N–H and O–H groups in total. The lowest BCUT2D eigenvalue weighted by Crippen LogP contribution is -2.34. The van der Waals surface area contributed by atoms with E-state index < -0.39 is 0 Å². The average Bonchev–Trinajstić information content (AvgIpc) is 2.60. The highest BCUT2D eigenvalue weighted by molar-refractivity contribution is 9.10. The summed E-state index contributed by atoms with van der Waals surface area (Å²) in [6, 6.07) is 10.4. The van der Waals surface area contributed by atoms with Crippen molar-refractivity contribution >= 4 is 56.5 Å². The summed E-state index contributed by atoms with van der Waals surface area (Å²) in [5.74, 6) is 1.03. The molecule has 0 bridgehead atoms. The van der Waals surface area contributed by atoms with E-state index in [-0.39, 0.29) is 11.0 Å². The van der Waals surface area contributed by atoms with Crippen LogP contribution in [0.15, 0.2) is 40.9 Å². The highest BCUT2D eigenvalue weighted by Crippen LogP contribution is 2.27. The molecule has 0 aliphatic rings. The Morgan fingerprint density at radius 3 is 2.56 bits per heavy atom. The van der Waals surface area contributed by atoms with Crippen LogP contribution in [0.3, 0.4) is 0 Å². The lowest BCUT2D eigenvalue weighted by molar-refractivity contribution is 0.0973. The van der Waals surface area contributed by atoms with Gasteiger partial charge < -0.3 is 14.8 Å².